The zero-order valence-electron chi connectivity index (χ0n) is 18.0. The number of nitrogens with one attached hydrogen (secondary N) is 1. The molecule has 0 unspecified atom stereocenters. The highest BCUT2D eigenvalue weighted by atomic mass is 79.9. The molecular formula is C23H29BrN4O2. The zero-order chi connectivity index (χ0) is 21.6. The summed E-state index contributed by atoms with van der Waals surface area (Å²) in [7, 11) is 3.88. The van der Waals surface area contributed by atoms with Gasteiger partial charge in [0.2, 0.25) is 11.8 Å². The molecule has 1 amide bonds. The molecule has 0 fully saturated rings. The van der Waals surface area contributed by atoms with Gasteiger partial charge < -0.3 is 10.2 Å². The fraction of sp³-hybridized carbons (Fsp3) is 0.478. The molecule has 0 radical (unpaired) electrons. The van der Waals surface area contributed by atoms with Crippen LogP contribution in [0.2, 0.25) is 0 Å². The van der Waals surface area contributed by atoms with Gasteiger partial charge in [0, 0.05) is 31.1 Å². The predicted octanol–water partition coefficient (Wildman–Crippen LogP) is 3.00. The Morgan fingerprint density at radius 3 is 2.67 bits per heavy atom. The van der Waals surface area contributed by atoms with Crippen LogP contribution >= 0.6 is 15.9 Å². The first-order valence-corrected chi connectivity index (χ1v) is 11.4. The number of benzene rings is 1. The van der Waals surface area contributed by atoms with E-state index in [4.69, 9.17) is 0 Å². The fourth-order valence-corrected chi connectivity index (χ4v) is 5.74. The Morgan fingerprint density at radius 1 is 1.27 bits per heavy atom. The van der Waals surface area contributed by atoms with Gasteiger partial charge in [-0.15, -0.1) is 0 Å². The molecule has 2 atom stereocenters. The topological polar surface area (TPSA) is 57.6 Å². The molecule has 4 rings (SSSR count). The lowest BCUT2D eigenvalue weighted by atomic mass is 9.79. The predicted molar refractivity (Wildman–Crippen MR) is 124 cm³/mol. The van der Waals surface area contributed by atoms with Gasteiger partial charge in [0.05, 0.1) is 22.6 Å². The molecule has 6 nitrogen and oxygen atoms in total. The second-order valence-corrected chi connectivity index (χ2v) is 8.88. The molecule has 0 spiro atoms. The van der Waals surface area contributed by atoms with E-state index in [-0.39, 0.29) is 30.3 Å². The molecule has 30 heavy (non-hydrogen) atoms. The molecule has 2 aromatic rings. The molecular weight excluding hydrogens is 444 g/mol. The monoisotopic (exact) mass is 472 g/mol. The van der Waals surface area contributed by atoms with Crippen LogP contribution in [-0.2, 0) is 11.2 Å². The van der Waals surface area contributed by atoms with Gasteiger partial charge in [0.1, 0.15) is 0 Å². The van der Waals surface area contributed by atoms with Crippen molar-refractivity contribution in [2.24, 2.45) is 5.92 Å². The van der Waals surface area contributed by atoms with Crippen LogP contribution in [0.3, 0.4) is 0 Å². The van der Waals surface area contributed by atoms with Crippen LogP contribution in [0.4, 0.5) is 0 Å². The quantitative estimate of drug-likeness (QED) is 0.726. The van der Waals surface area contributed by atoms with Crippen molar-refractivity contribution < 1.29 is 9.59 Å². The van der Waals surface area contributed by atoms with E-state index >= 15 is 0 Å². The van der Waals surface area contributed by atoms with Gasteiger partial charge in [-0.25, -0.2) is 0 Å². The van der Waals surface area contributed by atoms with E-state index in [2.05, 4.69) is 45.3 Å². The van der Waals surface area contributed by atoms with E-state index in [0.717, 1.165) is 40.6 Å². The highest BCUT2D eigenvalue weighted by Gasteiger charge is 2.38. The maximum atomic E-state index is 13.1. The molecule has 1 aromatic heterocycles. The van der Waals surface area contributed by atoms with Crippen molar-refractivity contribution >= 4 is 44.2 Å². The van der Waals surface area contributed by atoms with Crippen molar-refractivity contribution in [2.45, 2.75) is 26.3 Å². The van der Waals surface area contributed by atoms with E-state index in [0.29, 0.717) is 6.54 Å². The summed E-state index contributed by atoms with van der Waals surface area (Å²) in [6.45, 7) is 6.50. The Kier molecular flexibility index (Phi) is 5.88. The number of halogens is 1. The highest BCUT2D eigenvalue weighted by molar-refractivity contribution is 9.10. The van der Waals surface area contributed by atoms with Gasteiger partial charge in [0.15, 0.2) is 0 Å². The summed E-state index contributed by atoms with van der Waals surface area (Å²) in [6, 6.07) is 6.35. The van der Waals surface area contributed by atoms with E-state index in [9.17, 15) is 9.59 Å². The number of nitrogens with zero attached hydrogens (tertiary/aromatic N) is 3. The van der Waals surface area contributed by atoms with Crippen LogP contribution < -0.4 is 5.32 Å². The largest absolute Gasteiger partial charge is 0.343 e. The Bertz CT molecular complexity index is 1040. The number of likely N-dealkylation sites (N-methyl/N-ethyl adjacent to an activating group) is 2. The first-order valence-electron chi connectivity index (χ1n) is 10.6. The minimum Gasteiger partial charge on any atom is -0.343 e. The summed E-state index contributed by atoms with van der Waals surface area (Å²) in [5.41, 5.74) is 4.44. The summed E-state index contributed by atoms with van der Waals surface area (Å²) < 4.78 is 2.63. The van der Waals surface area contributed by atoms with Gasteiger partial charge in [-0.05, 0) is 73.1 Å². The summed E-state index contributed by atoms with van der Waals surface area (Å²) >= 11 is 3.72. The number of hydrogen-bond donors (Lipinski definition) is 1. The Morgan fingerprint density at radius 2 is 2.00 bits per heavy atom. The number of rotatable bonds is 5. The Balaban J connectivity index is 1.86. The Hall–Kier alpha value is -1.96. The summed E-state index contributed by atoms with van der Waals surface area (Å²) in [6.07, 6.45) is 3.01. The van der Waals surface area contributed by atoms with Gasteiger partial charge >= 0.3 is 0 Å². The normalized spacial score (nSPS) is 20.8. The maximum absolute atomic E-state index is 13.1. The van der Waals surface area contributed by atoms with Crippen LogP contribution in [0.15, 0.2) is 28.9 Å². The van der Waals surface area contributed by atoms with E-state index in [1.807, 2.05) is 30.9 Å². The number of carbonyl (C=O) groups is 2. The van der Waals surface area contributed by atoms with Gasteiger partial charge in [-0.3, -0.25) is 19.1 Å². The molecule has 2 aliphatic rings. The average Bonchev–Trinajstić information content (AvgIpc) is 3.02. The number of carbonyl (C=O) groups excluding carboxylic acids is 2. The molecule has 160 valence electrons. The summed E-state index contributed by atoms with van der Waals surface area (Å²) in [5, 5.41) is 4.08. The molecule has 1 N–H and O–H groups in total. The molecule has 0 saturated carbocycles. The standard InChI is InChI=1S/C23H29BrN4O2/c1-5-27(6-2)23(30)14-10-16-15-8-7-9-18-21(15)17(11-19(16)26(4)13-14)22(24)28(18)20(29)12-25-3/h7-10,14,19,25H,5-6,11-13H2,1-4H3/t14-,19-/m1/s1. The second-order valence-electron chi connectivity index (χ2n) is 8.13. The molecule has 1 aliphatic carbocycles. The van der Waals surface area contributed by atoms with Crippen molar-refractivity contribution in [1.29, 1.82) is 0 Å². The fourth-order valence-electron chi connectivity index (χ4n) is 4.99. The van der Waals surface area contributed by atoms with Crippen molar-refractivity contribution in [1.82, 2.24) is 19.7 Å². The average molecular weight is 473 g/mol. The smallest absolute Gasteiger partial charge is 0.245 e. The number of fused-ring (bicyclic) bond motifs is 2. The van der Waals surface area contributed by atoms with Crippen LogP contribution in [-0.4, -0.2) is 72.5 Å². The molecule has 1 aliphatic heterocycles. The van der Waals surface area contributed by atoms with Crippen LogP contribution in [0.5, 0.6) is 0 Å². The first-order chi connectivity index (χ1) is 14.4. The van der Waals surface area contributed by atoms with E-state index in [1.54, 1.807) is 11.6 Å². The van der Waals surface area contributed by atoms with Gasteiger partial charge in [0.25, 0.3) is 0 Å². The second kappa shape index (κ2) is 8.29. The lowest BCUT2D eigenvalue weighted by Gasteiger charge is -2.40. The van der Waals surface area contributed by atoms with Crippen molar-refractivity contribution in [2.75, 3.05) is 40.3 Å². The minimum atomic E-state index is -0.144. The molecule has 7 heteroatoms. The van der Waals surface area contributed by atoms with Gasteiger partial charge in [-0.2, -0.15) is 0 Å². The molecule has 0 saturated heterocycles. The maximum Gasteiger partial charge on any atom is 0.245 e. The molecule has 0 bridgehead atoms. The summed E-state index contributed by atoms with van der Waals surface area (Å²) in [5.74, 6) is 0.0627. The first kappa shape index (κ1) is 21.3. The van der Waals surface area contributed by atoms with Crippen molar-refractivity contribution in [3.05, 3.63) is 40.0 Å². The number of aromatic nitrogens is 1. The number of hydrogen-bond acceptors (Lipinski definition) is 4. The lowest BCUT2D eigenvalue weighted by molar-refractivity contribution is -0.134. The minimum absolute atomic E-state index is 0.0135. The van der Waals surface area contributed by atoms with E-state index < -0.39 is 0 Å². The molecule has 1 aromatic carbocycles. The third-order valence-corrected chi connectivity index (χ3v) is 7.30. The van der Waals surface area contributed by atoms with Crippen LogP contribution in [0.1, 0.15) is 29.8 Å². The third-order valence-electron chi connectivity index (χ3n) is 6.47. The third kappa shape index (κ3) is 3.24. The van der Waals surface area contributed by atoms with Crippen LogP contribution in [0, 0.1) is 5.92 Å². The van der Waals surface area contributed by atoms with Crippen LogP contribution in [0.25, 0.3) is 16.5 Å². The zero-order valence-corrected chi connectivity index (χ0v) is 19.6. The SMILES string of the molecule is CCN(CC)C(=O)[C@@H]1C=C2c3cccc4c3c(c(Br)n4C(=O)CNC)C[C@H]2N(C)C1. The lowest BCUT2D eigenvalue weighted by Crippen LogP contribution is -2.47. The van der Waals surface area contributed by atoms with Crippen molar-refractivity contribution in [3.63, 3.8) is 0 Å². The summed E-state index contributed by atoms with van der Waals surface area (Å²) in [4.78, 5) is 30.1. The number of amides is 1. The van der Waals surface area contributed by atoms with Crippen molar-refractivity contribution in [3.8, 4) is 0 Å². The van der Waals surface area contributed by atoms with E-state index in [1.165, 1.54) is 11.1 Å². The Labute approximate surface area is 186 Å². The van der Waals surface area contributed by atoms with Gasteiger partial charge in [-0.1, -0.05) is 18.2 Å². The highest BCUT2D eigenvalue weighted by Crippen LogP contribution is 2.44. The molecule has 2 heterocycles.